The molecule has 5 rings (SSSR count). The highest BCUT2D eigenvalue weighted by atomic mass is 19.2. The van der Waals surface area contributed by atoms with Crippen LogP contribution in [0.5, 0.6) is 5.75 Å². The van der Waals surface area contributed by atoms with Crippen molar-refractivity contribution < 1.29 is 41.1 Å². The van der Waals surface area contributed by atoms with Gasteiger partial charge in [-0.05, 0) is 58.9 Å². The molecule has 0 radical (unpaired) electrons. The molecule has 0 aromatic heterocycles. The average Bonchev–Trinajstić information content (AvgIpc) is 3.28. The second-order valence-corrected chi connectivity index (χ2v) is 16.4. The van der Waals surface area contributed by atoms with Crippen LogP contribution in [0.4, 0.5) is 22.0 Å². The minimum atomic E-state index is -2.37. The van der Waals surface area contributed by atoms with Gasteiger partial charge < -0.3 is 15.4 Å². The van der Waals surface area contributed by atoms with Crippen LogP contribution in [0.2, 0.25) is 0 Å². The molecular weight excluding hydrogens is 812 g/mol. The van der Waals surface area contributed by atoms with Crippen molar-refractivity contribution in [1.82, 2.24) is 10.6 Å². The number of esters is 1. The minimum Gasteiger partial charge on any atom is -0.418 e. The molecule has 2 N–H and O–H groups in total. The van der Waals surface area contributed by atoms with Crippen molar-refractivity contribution in [3.8, 4) is 5.75 Å². The number of rotatable bonds is 24. The number of carbonyl (C=O) groups is 3. The van der Waals surface area contributed by atoms with E-state index >= 15 is 0 Å². The number of unbranched alkanes of at least 4 members (excludes halogenated alkanes) is 12. The monoisotopic (exact) mass is 874 g/mol. The molecule has 5 aromatic carbocycles. The fourth-order valence-corrected chi connectivity index (χ4v) is 7.51. The minimum absolute atomic E-state index is 0.109. The molecule has 11 heteroatoms. The first kappa shape index (κ1) is 50.3. The van der Waals surface area contributed by atoms with Crippen LogP contribution in [-0.2, 0) is 27.2 Å². The van der Waals surface area contributed by atoms with Gasteiger partial charge >= 0.3 is 5.97 Å². The number of benzene rings is 5. The van der Waals surface area contributed by atoms with Crippen LogP contribution in [0.1, 0.15) is 135 Å². The van der Waals surface area contributed by atoms with Crippen molar-refractivity contribution in [3.63, 3.8) is 0 Å². The first-order valence-electron chi connectivity index (χ1n) is 22.7. The molecule has 0 bridgehead atoms. The van der Waals surface area contributed by atoms with Gasteiger partial charge in [0.1, 0.15) is 6.04 Å². The zero-order chi connectivity index (χ0) is 45.6. The lowest BCUT2D eigenvalue weighted by molar-refractivity contribution is -0.139. The molecule has 0 aliphatic rings. The van der Waals surface area contributed by atoms with E-state index in [0.717, 1.165) is 62.1 Å². The molecule has 0 aliphatic carbocycles. The van der Waals surface area contributed by atoms with Gasteiger partial charge in [-0.15, -0.1) is 0 Å². The number of hydrogen-bond donors (Lipinski definition) is 2. The topological polar surface area (TPSA) is 84.5 Å². The third-order valence-corrected chi connectivity index (χ3v) is 11.0. The number of ether oxygens (including phenoxy) is 1. The fraction of sp³-hybridized carbons (Fsp3) is 0.442. The first-order chi connectivity index (χ1) is 30.4. The highest BCUT2D eigenvalue weighted by Crippen LogP contribution is 2.30. The molecule has 63 heavy (non-hydrogen) atoms. The summed E-state index contributed by atoms with van der Waals surface area (Å²) in [5, 5.41) is 9.97. The fourth-order valence-electron chi connectivity index (χ4n) is 7.51. The number of carbonyl (C=O) groups excluding carboxylic acids is 3. The quantitative estimate of drug-likeness (QED) is 0.0162. The predicted molar refractivity (Wildman–Crippen MR) is 242 cm³/mol. The molecule has 0 saturated heterocycles. The Morgan fingerprint density at radius 2 is 0.889 bits per heavy atom. The SMILES string of the molecule is CCCCCCCCCC(=O)NC(C)Cc1ccc2ccccc2c1.CCCCCCCCCC(=O)NC(Cc1ccc2ccccc2c1)C(=O)Oc1c(F)c(F)c(F)c(F)c1F. The van der Waals surface area contributed by atoms with Gasteiger partial charge in [-0.2, -0.15) is 8.78 Å². The summed E-state index contributed by atoms with van der Waals surface area (Å²) in [7, 11) is 0. The Bertz CT molecular complexity index is 2200. The smallest absolute Gasteiger partial charge is 0.334 e. The van der Waals surface area contributed by atoms with Crippen molar-refractivity contribution >= 4 is 39.3 Å². The van der Waals surface area contributed by atoms with Gasteiger partial charge in [-0.3, -0.25) is 9.59 Å². The summed E-state index contributed by atoms with van der Waals surface area (Å²) in [4.78, 5) is 37.6. The maximum Gasteiger partial charge on any atom is 0.334 e. The molecule has 0 heterocycles. The number of hydrogen-bond acceptors (Lipinski definition) is 4. The summed E-state index contributed by atoms with van der Waals surface area (Å²) in [6.45, 7) is 6.46. The molecule has 0 spiro atoms. The lowest BCUT2D eigenvalue weighted by Gasteiger charge is -2.19. The first-order valence-corrected chi connectivity index (χ1v) is 22.7. The Morgan fingerprint density at radius 3 is 1.37 bits per heavy atom. The van der Waals surface area contributed by atoms with Crippen LogP contribution in [0.15, 0.2) is 84.9 Å². The number of halogens is 5. The zero-order valence-electron chi connectivity index (χ0n) is 37.0. The van der Waals surface area contributed by atoms with E-state index < -0.39 is 52.8 Å². The van der Waals surface area contributed by atoms with Crippen LogP contribution in [-0.4, -0.2) is 29.9 Å². The van der Waals surface area contributed by atoms with E-state index in [2.05, 4.69) is 78.6 Å². The third-order valence-electron chi connectivity index (χ3n) is 11.0. The van der Waals surface area contributed by atoms with E-state index in [0.29, 0.717) is 18.4 Å². The van der Waals surface area contributed by atoms with Crippen LogP contribution in [0.25, 0.3) is 21.5 Å². The van der Waals surface area contributed by atoms with Crippen LogP contribution < -0.4 is 15.4 Å². The maximum absolute atomic E-state index is 14.1. The van der Waals surface area contributed by atoms with Crippen molar-refractivity contribution in [2.75, 3.05) is 0 Å². The molecule has 2 unspecified atom stereocenters. The largest absolute Gasteiger partial charge is 0.418 e. The van der Waals surface area contributed by atoms with Crippen LogP contribution in [0.3, 0.4) is 0 Å². The van der Waals surface area contributed by atoms with Crippen LogP contribution in [0, 0.1) is 29.1 Å². The maximum atomic E-state index is 14.1. The normalized spacial score (nSPS) is 12.1. The molecule has 6 nitrogen and oxygen atoms in total. The molecular formula is C52H63F5N2O4. The predicted octanol–water partition coefficient (Wildman–Crippen LogP) is 13.3. The van der Waals surface area contributed by atoms with E-state index in [4.69, 9.17) is 0 Å². The summed E-state index contributed by atoms with van der Waals surface area (Å²) >= 11 is 0. The van der Waals surface area contributed by atoms with Gasteiger partial charge in [0.05, 0.1) is 0 Å². The van der Waals surface area contributed by atoms with E-state index in [-0.39, 0.29) is 24.8 Å². The lowest BCUT2D eigenvalue weighted by Crippen LogP contribution is -2.44. The Hall–Kier alpha value is -5.32. The third kappa shape index (κ3) is 16.7. The standard InChI is InChI=1S/C29H30F5NO3.C23H33NO/c1-2-3-4-5-6-7-8-13-22(36)35-21(17-18-14-15-19-11-9-10-12-20(19)16-18)29(37)38-28-26(33)24(31)23(30)25(32)27(28)34;1-3-4-5-6-7-8-9-14-23(25)24-19(2)17-20-15-16-21-12-10-11-13-22(21)18-20/h9-12,14-16,21H,2-8,13,17H2,1H3,(H,35,36);10-13,15-16,18-19H,3-9,14,17H2,1-2H3,(H,24,25). The average molecular weight is 875 g/mol. The molecule has 5 aromatic rings. The van der Waals surface area contributed by atoms with Crippen molar-refractivity contribution in [1.29, 1.82) is 0 Å². The highest BCUT2D eigenvalue weighted by molar-refractivity contribution is 5.87. The summed E-state index contributed by atoms with van der Waals surface area (Å²) in [5.41, 5.74) is 1.88. The summed E-state index contributed by atoms with van der Waals surface area (Å²) in [6.07, 6.45) is 17.1. The van der Waals surface area contributed by atoms with Gasteiger partial charge in [0.15, 0.2) is 0 Å². The Balaban J connectivity index is 0.000000302. The van der Waals surface area contributed by atoms with Gasteiger partial charge in [0, 0.05) is 25.3 Å². The zero-order valence-corrected chi connectivity index (χ0v) is 37.0. The molecule has 340 valence electrons. The van der Waals surface area contributed by atoms with Crippen LogP contribution >= 0.6 is 0 Å². The Labute approximate surface area is 369 Å². The Kier molecular flexibility index (Phi) is 21.6. The van der Waals surface area contributed by atoms with Crippen molar-refractivity contribution in [2.24, 2.45) is 0 Å². The van der Waals surface area contributed by atoms with Gasteiger partial charge in [0.2, 0.25) is 46.6 Å². The molecule has 0 aliphatic heterocycles. The number of amides is 2. The number of fused-ring (bicyclic) bond motifs is 2. The molecule has 2 atom stereocenters. The highest BCUT2D eigenvalue weighted by Gasteiger charge is 2.31. The van der Waals surface area contributed by atoms with E-state index in [1.54, 1.807) is 18.2 Å². The van der Waals surface area contributed by atoms with Gasteiger partial charge in [0.25, 0.3) is 0 Å². The van der Waals surface area contributed by atoms with Crippen molar-refractivity contribution in [3.05, 3.63) is 125 Å². The second-order valence-electron chi connectivity index (χ2n) is 16.4. The number of nitrogens with one attached hydrogen (secondary N) is 2. The Morgan fingerprint density at radius 1 is 0.492 bits per heavy atom. The summed E-state index contributed by atoms with van der Waals surface area (Å²) < 4.78 is 73.5. The molecule has 2 amide bonds. The van der Waals surface area contributed by atoms with E-state index in [1.165, 1.54) is 54.9 Å². The van der Waals surface area contributed by atoms with Crippen molar-refractivity contribution in [2.45, 2.75) is 148 Å². The lowest BCUT2D eigenvalue weighted by atomic mass is 10.0. The molecule has 0 saturated carbocycles. The molecule has 0 fully saturated rings. The summed E-state index contributed by atoms with van der Waals surface area (Å²) in [5.74, 6) is -14.7. The van der Waals surface area contributed by atoms with Gasteiger partial charge in [-0.25, -0.2) is 18.0 Å². The summed E-state index contributed by atoms with van der Waals surface area (Å²) in [6, 6.07) is 26.4. The van der Waals surface area contributed by atoms with E-state index in [9.17, 15) is 36.3 Å². The van der Waals surface area contributed by atoms with Gasteiger partial charge in [-0.1, -0.05) is 176 Å². The van der Waals surface area contributed by atoms with E-state index in [1.807, 2.05) is 24.3 Å². The second kappa shape index (κ2) is 27.0.